The van der Waals surface area contributed by atoms with Gasteiger partial charge in [0, 0.05) is 51.3 Å². The van der Waals surface area contributed by atoms with Crippen molar-refractivity contribution < 1.29 is 27.8 Å². The molecule has 1 aliphatic rings. The molecule has 52 heavy (non-hydrogen) atoms. The van der Waals surface area contributed by atoms with E-state index in [9.17, 15) is 13.6 Å². The summed E-state index contributed by atoms with van der Waals surface area (Å²) < 4.78 is 43.9. The SMILES string of the molecule is Cc1cc(CN2CCN(C(=O)/C=C/c3cc(C)c(Oc4ccc(OCc5ccc(F)cc5)cn4)c(C)c3)CC2)ccc1CCOc1ccc(F)cc1. The predicted octanol–water partition coefficient (Wildman–Crippen LogP) is 8.64. The Hall–Kier alpha value is -5.54. The van der Waals surface area contributed by atoms with Crippen LogP contribution in [0.15, 0.2) is 103 Å². The molecule has 7 nitrogen and oxygen atoms in total. The third-order valence-electron chi connectivity index (χ3n) is 9.09. The Balaban J connectivity index is 0.944. The molecular weight excluding hydrogens is 660 g/mol. The van der Waals surface area contributed by atoms with Gasteiger partial charge >= 0.3 is 0 Å². The van der Waals surface area contributed by atoms with E-state index in [1.165, 1.54) is 41.0 Å². The van der Waals surface area contributed by atoms with Gasteiger partial charge in [-0.25, -0.2) is 13.8 Å². The van der Waals surface area contributed by atoms with Gasteiger partial charge in [0.25, 0.3) is 0 Å². The third kappa shape index (κ3) is 10.0. The average molecular weight is 704 g/mol. The molecular formula is C43H43F2N3O4. The summed E-state index contributed by atoms with van der Waals surface area (Å²) in [5.74, 6) is 1.86. The summed E-state index contributed by atoms with van der Waals surface area (Å²) in [6, 6.07) is 26.4. The van der Waals surface area contributed by atoms with Crippen molar-refractivity contribution in [2.45, 2.75) is 40.3 Å². The van der Waals surface area contributed by atoms with E-state index in [0.29, 0.717) is 49.4 Å². The first-order valence-corrected chi connectivity index (χ1v) is 17.5. The number of rotatable bonds is 13. The number of aryl methyl sites for hydroxylation is 3. The van der Waals surface area contributed by atoms with Crippen LogP contribution in [0.2, 0.25) is 0 Å². The van der Waals surface area contributed by atoms with Crippen LogP contribution in [-0.4, -0.2) is 53.5 Å². The van der Waals surface area contributed by atoms with Gasteiger partial charge < -0.3 is 19.1 Å². The van der Waals surface area contributed by atoms with Crippen molar-refractivity contribution in [1.29, 1.82) is 0 Å². The molecule has 1 fully saturated rings. The number of piperazine rings is 1. The normalized spacial score (nSPS) is 13.4. The first-order valence-electron chi connectivity index (χ1n) is 17.5. The molecule has 4 aromatic carbocycles. The summed E-state index contributed by atoms with van der Waals surface area (Å²) >= 11 is 0. The molecule has 9 heteroatoms. The van der Waals surface area contributed by atoms with Gasteiger partial charge in [-0.15, -0.1) is 0 Å². The van der Waals surface area contributed by atoms with Crippen molar-refractivity contribution in [2.24, 2.45) is 0 Å². The van der Waals surface area contributed by atoms with Gasteiger partial charge in [0.15, 0.2) is 0 Å². The van der Waals surface area contributed by atoms with Gasteiger partial charge in [-0.1, -0.05) is 30.3 Å². The molecule has 0 radical (unpaired) electrons. The summed E-state index contributed by atoms with van der Waals surface area (Å²) in [6.07, 6.45) is 5.89. The van der Waals surface area contributed by atoms with Crippen LogP contribution in [0.5, 0.6) is 23.1 Å². The topological polar surface area (TPSA) is 64.1 Å². The van der Waals surface area contributed by atoms with Crippen molar-refractivity contribution >= 4 is 12.0 Å². The van der Waals surface area contributed by atoms with Crippen LogP contribution < -0.4 is 14.2 Å². The van der Waals surface area contributed by atoms with Crippen LogP contribution in [0.1, 0.15) is 38.9 Å². The van der Waals surface area contributed by atoms with E-state index in [1.807, 2.05) is 37.0 Å². The Bertz CT molecular complexity index is 1970. The fourth-order valence-electron chi connectivity index (χ4n) is 6.21. The van der Waals surface area contributed by atoms with E-state index in [2.05, 4.69) is 35.0 Å². The smallest absolute Gasteiger partial charge is 0.246 e. The monoisotopic (exact) mass is 703 g/mol. The lowest BCUT2D eigenvalue weighted by molar-refractivity contribution is -0.127. The number of carbonyl (C=O) groups is 1. The average Bonchev–Trinajstić information content (AvgIpc) is 3.14. The van der Waals surface area contributed by atoms with Gasteiger partial charge in [0.1, 0.15) is 35.5 Å². The van der Waals surface area contributed by atoms with E-state index in [-0.39, 0.29) is 17.5 Å². The summed E-state index contributed by atoms with van der Waals surface area (Å²) in [7, 11) is 0. The van der Waals surface area contributed by atoms with Crippen LogP contribution in [0.3, 0.4) is 0 Å². The maximum atomic E-state index is 13.1. The van der Waals surface area contributed by atoms with E-state index < -0.39 is 0 Å². The number of hydrogen-bond acceptors (Lipinski definition) is 6. The van der Waals surface area contributed by atoms with Crippen LogP contribution in [0.25, 0.3) is 6.08 Å². The molecule has 0 bridgehead atoms. The number of benzene rings is 4. The van der Waals surface area contributed by atoms with Gasteiger partial charge in [-0.2, -0.15) is 0 Å². The van der Waals surface area contributed by atoms with Crippen LogP contribution >= 0.6 is 0 Å². The molecule has 268 valence electrons. The second-order valence-corrected chi connectivity index (χ2v) is 13.1. The van der Waals surface area contributed by atoms with Gasteiger partial charge in [-0.3, -0.25) is 9.69 Å². The van der Waals surface area contributed by atoms with E-state index in [4.69, 9.17) is 14.2 Å². The number of nitrogens with zero attached hydrogens (tertiary/aromatic N) is 3. The molecule has 1 aromatic heterocycles. The fourth-order valence-corrected chi connectivity index (χ4v) is 6.21. The molecule has 0 aliphatic carbocycles. The van der Waals surface area contributed by atoms with Crippen molar-refractivity contribution in [3.05, 3.63) is 154 Å². The lowest BCUT2D eigenvalue weighted by Gasteiger charge is -2.34. The lowest BCUT2D eigenvalue weighted by atomic mass is 10.0. The lowest BCUT2D eigenvalue weighted by Crippen LogP contribution is -2.47. The highest BCUT2D eigenvalue weighted by Crippen LogP contribution is 2.30. The highest BCUT2D eigenvalue weighted by Gasteiger charge is 2.20. The highest BCUT2D eigenvalue weighted by atomic mass is 19.1. The number of carbonyl (C=O) groups excluding carboxylic acids is 1. The zero-order valence-corrected chi connectivity index (χ0v) is 29.8. The quantitative estimate of drug-likeness (QED) is 0.115. The highest BCUT2D eigenvalue weighted by molar-refractivity contribution is 5.92. The maximum Gasteiger partial charge on any atom is 0.246 e. The van der Waals surface area contributed by atoms with E-state index in [0.717, 1.165) is 48.3 Å². The van der Waals surface area contributed by atoms with Crippen LogP contribution in [0, 0.1) is 32.4 Å². The Labute approximate surface area is 304 Å². The minimum absolute atomic E-state index is 0.00396. The fraction of sp³-hybridized carbons (Fsp3) is 0.256. The minimum atomic E-state index is -0.282. The molecule has 5 aromatic rings. The van der Waals surface area contributed by atoms with E-state index in [1.54, 1.807) is 48.7 Å². The number of ether oxygens (including phenoxy) is 3. The molecule has 0 unspecified atom stereocenters. The molecule has 0 spiro atoms. The van der Waals surface area contributed by atoms with E-state index >= 15 is 0 Å². The van der Waals surface area contributed by atoms with Gasteiger partial charge in [0.05, 0.1) is 12.8 Å². The minimum Gasteiger partial charge on any atom is -0.493 e. The largest absolute Gasteiger partial charge is 0.493 e. The molecule has 6 rings (SSSR count). The standard InChI is InChI=1S/C43H43F2N3O4/c1-30-24-35(4-8-36(30)18-23-50-39-13-11-38(45)12-14-39)28-47-19-21-48(22-20-47)42(49)17-7-34-25-31(2)43(32(3)26-34)52-41-16-15-40(27-46-41)51-29-33-5-9-37(44)10-6-33/h4-17,24-27H,18-23,28-29H2,1-3H3/b17-7+. The molecule has 1 saturated heterocycles. The number of amides is 1. The van der Waals surface area contributed by atoms with Gasteiger partial charge in [0.2, 0.25) is 11.8 Å². The Morgan fingerprint density at radius 2 is 1.40 bits per heavy atom. The molecule has 0 atom stereocenters. The van der Waals surface area contributed by atoms with Crippen molar-refractivity contribution in [3.63, 3.8) is 0 Å². The zero-order chi connectivity index (χ0) is 36.5. The predicted molar refractivity (Wildman–Crippen MR) is 199 cm³/mol. The number of pyridine rings is 1. The number of halogens is 2. The second-order valence-electron chi connectivity index (χ2n) is 13.1. The van der Waals surface area contributed by atoms with Crippen molar-refractivity contribution in [3.8, 4) is 23.1 Å². The summed E-state index contributed by atoms with van der Waals surface area (Å²) in [4.78, 5) is 21.8. The third-order valence-corrected chi connectivity index (χ3v) is 9.09. The first kappa shape index (κ1) is 36.3. The molecule has 0 N–H and O–H groups in total. The summed E-state index contributed by atoms with van der Waals surface area (Å²) in [5, 5.41) is 0. The number of hydrogen-bond donors (Lipinski definition) is 0. The van der Waals surface area contributed by atoms with Gasteiger partial charge in [-0.05, 0) is 120 Å². The molecule has 1 aliphatic heterocycles. The Morgan fingerprint density at radius 3 is 2.06 bits per heavy atom. The first-order chi connectivity index (χ1) is 25.2. The molecule has 1 amide bonds. The summed E-state index contributed by atoms with van der Waals surface area (Å²) in [6.45, 7) is 10.7. The number of aromatic nitrogens is 1. The molecule has 0 saturated carbocycles. The Kier molecular flexibility index (Phi) is 11.9. The van der Waals surface area contributed by atoms with Crippen molar-refractivity contribution in [1.82, 2.24) is 14.8 Å². The van der Waals surface area contributed by atoms with Crippen LogP contribution in [-0.2, 0) is 24.4 Å². The van der Waals surface area contributed by atoms with Crippen molar-refractivity contribution in [2.75, 3.05) is 32.8 Å². The summed E-state index contributed by atoms with van der Waals surface area (Å²) in [5.41, 5.74) is 7.35. The Morgan fingerprint density at radius 1 is 0.750 bits per heavy atom. The second kappa shape index (κ2) is 17.1. The molecule has 2 heterocycles. The van der Waals surface area contributed by atoms with Crippen LogP contribution in [0.4, 0.5) is 8.78 Å². The maximum absolute atomic E-state index is 13.1. The zero-order valence-electron chi connectivity index (χ0n) is 29.8.